The van der Waals surface area contributed by atoms with Gasteiger partial charge in [-0.25, -0.2) is 4.39 Å². The maximum Gasteiger partial charge on any atom is 0.306 e. The summed E-state index contributed by atoms with van der Waals surface area (Å²) in [6.07, 6.45) is 0. The Morgan fingerprint density at radius 3 is 2.37 bits per heavy atom. The molecule has 15 nitrogen and oxygen atoms in total. The molecule has 0 saturated carbocycles. The van der Waals surface area contributed by atoms with Crippen molar-refractivity contribution in [3.05, 3.63) is 64.5 Å². The van der Waals surface area contributed by atoms with E-state index in [0.29, 0.717) is 38.4 Å². The molecule has 1 unspecified atom stereocenters. The van der Waals surface area contributed by atoms with E-state index in [1.54, 1.807) is 0 Å². The highest BCUT2D eigenvalue weighted by atomic mass is 19.1. The predicted octanol–water partition coefficient (Wildman–Crippen LogP) is -3.47. The first-order valence-corrected chi connectivity index (χ1v) is 12.3. The summed E-state index contributed by atoms with van der Waals surface area (Å²) in [4.78, 5) is 39.7. The molecule has 3 amide bonds. The quantitative estimate of drug-likeness (QED) is 0.120. The van der Waals surface area contributed by atoms with Gasteiger partial charge < -0.3 is 45.8 Å². The number of fused-ring (bicyclic) bond motifs is 1. The third-order valence-electron chi connectivity index (χ3n) is 7.42. The van der Waals surface area contributed by atoms with Crippen LogP contribution in [0.25, 0.3) is 0 Å². The van der Waals surface area contributed by atoms with Crippen LogP contribution in [0.1, 0.15) is 27.0 Å². The van der Waals surface area contributed by atoms with Crippen molar-refractivity contribution in [3.63, 3.8) is 0 Å². The van der Waals surface area contributed by atoms with E-state index >= 15 is 0 Å². The molecule has 2 aromatic carbocycles. The van der Waals surface area contributed by atoms with Gasteiger partial charge in [0.2, 0.25) is 0 Å². The number of piperidine rings is 1. The lowest BCUT2D eigenvalue weighted by Gasteiger charge is -2.50. The van der Waals surface area contributed by atoms with Crippen molar-refractivity contribution in [2.75, 3.05) is 31.6 Å². The van der Waals surface area contributed by atoms with E-state index in [1.165, 1.54) is 35.6 Å². The number of morpholine rings is 1. The molecule has 0 bridgehead atoms. The van der Waals surface area contributed by atoms with Crippen LogP contribution < -0.4 is 10.6 Å². The standard InChI is InChI=1S/C25H27FN4O11/c26-17-5-4-13(11-29-6-8-41-9-7-29)10-16(17)24(37,38)28-18-3-1-2-14-15(18)12-30(19(14)31)22(34)20(32)27-21(33)23(35,36)25(22,39)40/h1-5,10,28,34-40H,6-9,11-12H2,(H,27,32,33). The molecule has 2 fully saturated rings. The third-order valence-corrected chi connectivity index (χ3v) is 7.42. The van der Waals surface area contributed by atoms with E-state index < -0.39 is 58.9 Å². The van der Waals surface area contributed by atoms with E-state index in [2.05, 4.69) is 5.32 Å². The molecule has 0 spiro atoms. The van der Waals surface area contributed by atoms with Crippen LogP contribution in [-0.2, 0) is 33.3 Å². The Balaban J connectivity index is 1.45. The molecule has 41 heavy (non-hydrogen) atoms. The van der Waals surface area contributed by atoms with Crippen LogP contribution in [0.4, 0.5) is 10.1 Å². The summed E-state index contributed by atoms with van der Waals surface area (Å²) < 4.78 is 20.1. The summed E-state index contributed by atoms with van der Waals surface area (Å²) in [5, 5.41) is 77.2. The van der Waals surface area contributed by atoms with Crippen molar-refractivity contribution < 1.29 is 59.3 Å². The molecular formula is C25H27FN4O11. The SMILES string of the molecule is O=C1c2cccc(NC(O)(O)c3cc(CN4CCOCC4)ccc3F)c2CN1C1(O)C(=O)NC(=O)C(O)(O)C1(O)O. The van der Waals surface area contributed by atoms with Gasteiger partial charge in [0, 0.05) is 36.4 Å². The van der Waals surface area contributed by atoms with Crippen molar-refractivity contribution in [3.8, 4) is 0 Å². The second kappa shape index (κ2) is 9.76. The summed E-state index contributed by atoms with van der Waals surface area (Å²) >= 11 is 0. The third kappa shape index (κ3) is 4.45. The lowest BCUT2D eigenvalue weighted by Crippen LogP contribution is -2.85. The van der Waals surface area contributed by atoms with Gasteiger partial charge in [0.1, 0.15) is 5.82 Å². The van der Waals surface area contributed by atoms with Gasteiger partial charge in [0.05, 0.1) is 25.3 Å². The number of rotatable bonds is 6. The second-order valence-electron chi connectivity index (χ2n) is 10.0. The van der Waals surface area contributed by atoms with E-state index in [1.807, 2.05) is 4.90 Å². The number of benzene rings is 2. The van der Waals surface area contributed by atoms with Crippen molar-refractivity contribution in [1.82, 2.24) is 15.1 Å². The average Bonchev–Trinajstić information content (AvgIpc) is 3.26. The first-order valence-electron chi connectivity index (χ1n) is 12.3. The second-order valence-corrected chi connectivity index (χ2v) is 10.0. The number of amides is 3. The van der Waals surface area contributed by atoms with Crippen LogP contribution >= 0.6 is 0 Å². The van der Waals surface area contributed by atoms with Crippen LogP contribution in [0.2, 0.25) is 0 Å². The van der Waals surface area contributed by atoms with Crippen LogP contribution in [-0.4, -0.2) is 107 Å². The molecule has 3 aliphatic heterocycles. The van der Waals surface area contributed by atoms with Gasteiger partial charge in [-0.15, -0.1) is 0 Å². The molecule has 2 aromatic rings. The van der Waals surface area contributed by atoms with E-state index in [0.717, 1.165) is 6.07 Å². The summed E-state index contributed by atoms with van der Waals surface area (Å²) in [5.74, 6) is -17.5. The zero-order valence-corrected chi connectivity index (χ0v) is 21.2. The smallest absolute Gasteiger partial charge is 0.306 e. The molecule has 0 radical (unpaired) electrons. The van der Waals surface area contributed by atoms with E-state index in [4.69, 9.17) is 4.74 Å². The van der Waals surface area contributed by atoms with Crippen LogP contribution in [0.15, 0.2) is 36.4 Å². The van der Waals surface area contributed by atoms with Crippen molar-refractivity contribution in [2.24, 2.45) is 0 Å². The fourth-order valence-electron chi connectivity index (χ4n) is 5.07. The molecule has 0 aromatic heterocycles. The lowest BCUT2D eigenvalue weighted by molar-refractivity contribution is -0.407. The fraction of sp³-hybridized carbons (Fsp3) is 0.400. The number of imide groups is 1. The van der Waals surface area contributed by atoms with Crippen molar-refractivity contribution in [1.29, 1.82) is 0 Å². The Hall–Kier alpha value is -3.58. The largest absolute Gasteiger partial charge is 0.379 e. The van der Waals surface area contributed by atoms with E-state index in [-0.39, 0.29) is 21.7 Å². The number of hydrogen-bond donors (Lipinski definition) is 9. The maximum atomic E-state index is 14.8. The maximum absolute atomic E-state index is 14.8. The minimum atomic E-state index is -4.30. The Morgan fingerprint density at radius 1 is 1.00 bits per heavy atom. The van der Waals surface area contributed by atoms with Crippen molar-refractivity contribution in [2.45, 2.75) is 36.3 Å². The minimum absolute atomic E-state index is 0.120. The molecule has 5 rings (SSSR count). The normalized spacial score (nSPS) is 24.3. The van der Waals surface area contributed by atoms with Crippen LogP contribution in [0.3, 0.4) is 0 Å². The molecule has 220 valence electrons. The van der Waals surface area contributed by atoms with Gasteiger partial charge in [-0.05, 0) is 29.8 Å². The topological polar surface area (TPSA) is 233 Å². The summed E-state index contributed by atoms with van der Waals surface area (Å²) in [6.45, 7) is 1.85. The molecular weight excluding hydrogens is 551 g/mol. The zero-order chi connectivity index (χ0) is 30.0. The van der Waals surface area contributed by atoms with Gasteiger partial charge in [0.15, 0.2) is 0 Å². The van der Waals surface area contributed by atoms with Gasteiger partial charge in [-0.1, -0.05) is 12.1 Å². The number of hydrogen-bond acceptors (Lipinski definition) is 13. The Morgan fingerprint density at radius 2 is 1.68 bits per heavy atom. The molecule has 3 aliphatic rings. The van der Waals surface area contributed by atoms with Crippen molar-refractivity contribution >= 4 is 23.4 Å². The number of nitrogens with zero attached hydrogens (tertiary/aromatic N) is 2. The number of anilines is 1. The van der Waals surface area contributed by atoms with Gasteiger partial charge >= 0.3 is 5.79 Å². The van der Waals surface area contributed by atoms with Gasteiger partial charge in [-0.3, -0.25) is 29.5 Å². The molecule has 2 saturated heterocycles. The molecule has 0 aliphatic carbocycles. The fourth-order valence-corrected chi connectivity index (χ4v) is 5.07. The first kappa shape index (κ1) is 28.9. The molecule has 3 heterocycles. The number of carbonyl (C=O) groups excluding carboxylic acids is 3. The number of carbonyl (C=O) groups is 3. The summed E-state index contributed by atoms with van der Waals surface area (Å²) in [7, 11) is 0. The number of nitrogens with one attached hydrogen (secondary N) is 2. The highest BCUT2D eigenvalue weighted by Crippen LogP contribution is 2.42. The van der Waals surface area contributed by atoms with Crippen LogP contribution in [0.5, 0.6) is 0 Å². The van der Waals surface area contributed by atoms with Gasteiger partial charge in [-0.2, -0.15) is 0 Å². The monoisotopic (exact) mass is 578 g/mol. The average molecular weight is 579 g/mol. The Bertz CT molecular complexity index is 1430. The highest BCUT2D eigenvalue weighted by Gasteiger charge is 2.76. The lowest BCUT2D eigenvalue weighted by atomic mass is 9.86. The number of ether oxygens (including phenoxy) is 1. The minimum Gasteiger partial charge on any atom is -0.379 e. The first-order chi connectivity index (χ1) is 19.1. The zero-order valence-electron chi connectivity index (χ0n) is 21.2. The van der Waals surface area contributed by atoms with E-state index in [9.17, 15) is 54.5 Å². The highest BCUT2D eigenvalue weighted by molar-refractivity contribution is 6.10. The Labute approximate surface area is 230 Å². The summed E-state index contributed by atoms with van der Waals surface area (Å²) in [6, 6.07) is 7.52. The number of halogens is 1. The molecule has 1 atom stereocenters. The van der Waals surface area contributed by atoms with Gasteiger partial charge in [0.25, 0.3) is 35.1 Å². The summed E-state index contributed by atoms with van der Waals surface area (Å²) in [5.41, 5.74) is -4.38. The molecule has 16 heteroatoms. The number of aliphatic hydroxyl groups is 7. The Kier molecular flexibility index (Phi) is 6.89. The van der Waals surface area contributed by atoms with Crippen LogP contribution in [0, 0.1) is 5.82 Å². The predicted molar refractivity (Wildman–Crippen MR) is 131 cm³/mol. The molecule has 9 N–H and O–H groups in total.